The number of hydrogen-bond acceptors (Lipinski definition) is 3. The Hall–Kier alpha value is -0.420. The molecule has 1 aromatic rings. The molecule has 3 nitrogen and oxygen atoms in total. The van der Waals surface area contributed by atoms with E-state index in [1.165, 1.54) is 29.4 Å². The van der Waals surface area contributed by atoms with Gasteiger partial charge in [0.1, 0.15) is 0 Å². The monoisotopic (exact) mass is 354 g/mol. The van der Waals surface area contributed by atoms with Crippen molar-refractivity contribution in [2.24, 2.45) is 5.92 Å². The van der Waals surface area contributed by atoms with Gasteiger partial charge in [0.25, 0.3) is 0 Å². The summed E-state index contributed by atoms with van der Waals surface area (Å²) >= 11 is 3.67. The Morgan fingerprint density at radius 3 is 2.95 bits per heavy atom. The number of halogens is 1. The Morgan fingerprint density at radius 1 is 1.43 bits per heavy atom. The standard InChI is InChI=1S/C17H27BrN2O/c1-2-19-17(15-7-3-4-8-16(15)18)9-11-20-10-5-6-14(12-20)13-21/h3-4,7-8,14,17,19,21H,2,5-6,9-13H2,1H3. The van der Waals surface area contributed by atoms with Gasteiger partial charge in [-0.15, -0.1) is 0 Å². The van der Waals surface area contributed by atoms with Crippen LogP contribution in [0.2, 0.25) is 0 Å². The quantitative estimate of drug-likeness (QED) is 0.789. The average Bonchev–Trinajstić information content (AvgIpc) is 2.52. The third kappa shape index (κ3) is 5.06. The number of aliphatic hydroxyl groups excluding tert-OH is 1. The Balaban J connectivity index is 1.92. The van der Waals surface area contributed by atoms with Crippen molar-refractivity contribution in [3.8, 4) is 0 Å². The number of benzene rings is 1. The molecule has 4 heteroatoms. The fourth-order valence-electron chi connectivity index (χ4n) is 3.19. The van der Waals surface area contributed by atoms with Gasteiger partial charge >= 0.3 is 0 Å². The molecule has 0 spiro atoms. The van der Waals surface area contributed by atoms with Crippen molar-refractivity contribution in [2.45, 2.75) is 32.2 Å². The van der Waals surface area contributed by atoms with Crippen molar-refractivity contribution in [1.29, 1.82) is 0 Å². The maximum absolute atomic E-state index is 9.34. The highest BCUT2D eigenvalue weighted by Crippen LogP contribution is 2.26. The summed E-state index contributed by atoms with van der Waals surface area (Å²) in [6.07, 6.45) is 3.49. The second kappa shape index (κ2) is 8.89. The van der Waals surface area contributed by atoms with Crippen molar-refractivity contribution >= 4 is 15.9 Å². The third-order valence-electron chi connectivity index (χ3n) is 4.33. The molecule has 1 aliphatic heterocycles. The van der Waals surface area contributed by atoms with E-state index in [4.69, 9.17) is 0 Å². The van der Waals surface area contributed by atoms with Gasteiger partial charge in [0.2, 0.25) is 0 Å². The molecule has 1 aliphatic rings. The number of nitrogens with zero attached hydrogens (tertiary/aromatic N) is 1. The molecule has 0 saturated carbocycles. The molecule has 118 valence electrons. The second-order valence-electron chi connectivity index (χ2n) is 5.91. The maximum atomic E-state index is 9.34. The van der Waals surface area contributed by atoms with E-state index in [0.29, 0.717) is 18.6 Å². The summed E-state index contributed by atoms with van der Waals surface area (Å²) in [4.78, 5) is 2.51. The molecule has 0 amide bonds. The minimum absolute atomic E-state index is 0.331. The fourth-order valence-corrected chi connectivity index (χ4v) is 3.75. The van der Waals surface area contributed by atoms with E-state index in [1.807, 2.05) is 0 Å². The lowest BCUT2D eigenvalue weighted by atomic mass is 9.97. The Bertz CT molecular complexity index is 427. The summed E-state index contributed by atoms with van der Waals surface area (Å²) in [6, 6.07) is 8.87. The molecule has 0 radical (unpaired) electrons. The molecule has 2 atom stereocenters. The lowest BCUT2D eigenvalue weighted by Crippen LogP contribution is -2.38. The first-order valence-electron chi connectivity index (χ1n) is 8.05. The maximum Gasteiger partial charge on any atom is 0.0471 e. The van der Waals surface area contributed by atoms with Crippen molar-refractivity contribution in [1.82, 2.24) is 10.2 Å². The lowest BCUT2D eigenvalue weighted by Gasteiger charge is -2.33. The fraction of sp³-hybridized carbons (Fsp3) is 0.647. The molecular formula is C17H27BrN2O. The van der Waals surface area contributed by atoms with E-state index >= 15 is 0 Å². The van der Waals surface area contributed by atoms with Crippen LogP contribution in [0.25, 0.3) is 0 Å². The van der Waals surface area contributed by atoms with Crippen LogP contribution in [0.3, 0.4) is 0 Å². The van der Waals surface area contributed by atoms with E-state index in [1.54, 1.807) is 0 Å². The van der Waals surface area contributed by atoms with E-state index < -0.39 is 0 Å². The van der Waals surface area contributed by atoms with Gasteiger partial charge in [-0.3, -0.25) is 0 Å². The zero-order valence-corrected chi connectivity index (χ0v) is 14.5. The minimum Gasteiger partial charge on any atom is -0.396 e. The van der Waals surface area contributed by atoms with Crippen molar-refractivity contribution in [3.63, 3.8) is 0 Å². The molecule has 1 aromatic carbocycles. The number of hydrogen-bond donors (Lipinski definition) is 2. The van der Waals surface area contributed by atoms with Gasteiger partial charge in [0.15, 0.2) is 0 Å². The van der Waals surface area contributed by atoms with Crippen LogP contribution in [0.5, 0.6) is 0 Å². The number of aliphatic hydroxyl groups is 1. The first-order chi connectivity index (χ1) is 10.2. The molecule has 21 heavy (non-hydrogen) atoms. The van der Waals surface area contributed by atoms with Crippen molar-refractivity contribution in [2.75, 3.05) is 32.8 Å². The van der Waals surface area contributed by atoms with Gasteiger partial charge < -0.3 is 15.3 Å². The normalized spacial score (nSPS) is 21.4. The van der Waals surface area contributed by atoms with Crippen LogP contribution in [-0.4, -0.2) is 42.8 Å². The summed E-state index contributed by atoms with van der Waals surface area (Å²) in [7, 11) is 0. The highest BCUT2D eigenvalue weighted by Gasteiger charge is 2.20. The lowest BCUT2D eigenvalue weighted by molar-refractivity contribution is 0.117. The van der Waals surface area contributed by atoms with Gasteiger partial charge in [0, 0.05) is 23.7 Å². The van der Waals surface area contributed by atoms with Gasteiger partial charge in [-0.1, -0.05) is 41.1 Å². The van der Waals surface area contributed by atoms with Crippen LogP contribution in [0.4, 0.5) is 0 Å². The first kappa shape index (κ1) is 16.9. The van der Waals surface area contributed by atoms with E-state index in [2.05, 4.69) is 57.3 Å². The minimum atomic E-state index is 0.331. The van der Waals surface area contributed by atoms with E-state index in [0.717, 1.165) is 26.1 Å². The van der Waals surface area contributed by atoms with E-state index in [-0.39, 0.29) is 0 Å². The summed E-state index contributed by atoms with van der Waals surface area (Å²) in [5.41, 5.74) is 1.34. The highest BCUT2D eigenvalue weighted by atomic mass is 79.9. The van der Waals surface area contributed by atoms with Gasteiger partial charge in [0.05, 0.1) is 0 Å². The zero-order chi connectivity index (χ0) is 15.1. The van der Waals surface area contributed by atoms with Crippen LogP contribution in [0.15, 0.2) is 28.7 Å². The zero-order valence-electron chi connectivity index (χ0n) is 12.9. The molecule has 2 N–H and O–H groups in total. The SMILES string of the molecule is CCNC(CCN1CCCC(CO)C1)c1ccccc1Br. The molecule has 2 rings (SSSR count). The Labute approximate surface area is 136 Å². The topological polar surface area (TPSA) is 35.5 Å². The average molecular weight is 355 g/mol. The van der Waals surface area contributed by atoms with Gasteiger partial charge in [-0.25, -0.2) is 0 Å². The molecule has 0 aromatic heterocycles. The predicted octanol–water partition coefficient (Wildman–Crippen LogP) is 3.19. The second-order valence-corrected chi connectivity index (χ2v) is 6.77. The van der Waals surface area contributed by atoms with Crippen molar-refractivity contribution in [3.05, 3.63) is 34.3 Å². The van der Waals surface area contributed by atoms with Gasteiger partial charge in [-0.2, -0.15) is 0 Å². The molecule has 2 unspecified atom stereocenters. The smallest absolute Gasteiger partial charge is 0.0471 e. The predicted molar refractivity (Wildman–Crippen MR) is 91.4 cm³/mol. The van der Waals surface area contributed by atoms with Crippen LogP contribution >= 0.6 is 15.9 Å². The number of rotatable bonds is 7. The molecule has 1 saturated heterocycles. The largest absolute Gasteiger partial charge is 0.396 e. The number of nitrogens with one attached hydrogen (secondary N) is 1. The number of piperidine rings is 1. The third-order valence-corrected chi connectivity index (χ3v) is 5.05. The Kier molecular flexibility index (Phi) is 7.17. The van der Waals surface area contributed by atoms with Crippen molar-refractivity contribution < 1.29 is 5.11 Å². The Morgan fingerprint density at radius 2 is 2.24 bits per heavy atom. The molecule has 0 aliphatic carbocycles. The summed E-state index contributed by atoms with van der Waals surface area (Å²) < 4.78 is 1.18. The van der Waals surface area contributed by atoms with Crippen LogP contribution in [0, 0.1) is 5.92 Å². The molecule has 1 heterocycles. The molecule has 0 bridgehead atoms. The van der Waals surface area contributed by atoms with Crippen LogP contribution in [0.1, 0.15) is 37.8 Å². The van der Waals surface area contributed by atoms with Gasteiger partial charge in [-0.05, 0) is 56.4 Å². The summed E-state index contributed by atoms with van der Waals surface area (Å²) in [5.74, 6) is 0.472. The van der Waals surface area contributed by atoms with Crippen LogP contribution in [-0.2, 0) is 0 Å². The molecule has 1 fully saturated rings. The van der Waals surface area contributed by atoms with E-state index in [9.17, 15) is 5.11 Å². The van der Waals surface area contributed by atoms with Crippen LogP contribution < -0.4 is 5.32 Å². The first-order valence-corrected chi connectivity index (χ1v) is 8.85. The number of likely N-dealkylation sites (tertiary alicyclic amines) is 1. The summed E-state index contributed by atoms with van der Waals surface area (Å²) in [6.45, 7) is 6.78. The highest BCUT2D eigenvalue weighted by molar-refractivity contribution is 9.10. The molecular weight excluding hydrogens is 328 g/mol. The summed E-state index contributed by atoms with van der Waals surface area (Å²) in [5, 5.41) is 12.9.